The van der Waals surface area contributed by atoms with Crippen LogP contribution in [0, 0.1) is 16.7 Å². The summed E-state index contributed by atoms with van der Waals surface area (Å²) in [4.78, 5) is 0. The van der Waals surface area contributed by atoms with E-state index in [0.717, 1.165) is 11.7 Å². The van der Waals surface area contributed by atoms with Gasteiger partial charge in [-0.3, -0.25) is 0 Å². The van der Waals surface area contributed by atoms with Gasteiger partial charge in [-0.15, -0.1) is 0 Å². The maximum absolute atomic E-state index is 5.96. The molecule has 20 heavy (non-hydrogen) atoms. The van der Waals surface area contributed by atoms with Crippen molar-refractivity contribution in [2.45, 2.75) is 50.7 Å². The lowest BCUT2D eigenvalue weighted by atomic mass is 9.70. The SMILES string of the molecule is CO[C@@H]1[C@H](SCc2ccccc2)[C@H]2CC[C@]1(C)C2(C)C. The fraction of sp³-hybridized carbons (Fsp3) is 0.667. The summed E-state index contributed by atoms with van der Waals surface area (Å²) >= 11 is 2.11. The lowest BCUT2D eigenvalue weighted by Gasteiger charge is -2.39. The molecule has 110 valence electrons. The van der Waals surface area contributed by atoms with Crippen molar-refractivity contribution in [3.8, 4) is 0 Å². The molecule has 2 aliphatic carbocycles. The Labute approximate surface area is 127 Å². The molecule has 3 rings (SSSR count). The second kappa shape index (κ2) is 5.06. The summed E-state index contributed by atoms with van der Waals surface area (Å²) in [6.07, 6.45) is 3.10. The van der Waals surface area contributed by atoms with Gasteiger partial charge in [-0.25, -0.2) is 0 Å². The molecule has 4 atom stereocenters. The monoisotopic (exact) mass is 290 g/mol. The Bertz CT molecular complexity index is 470. The van der Waals surface area contributed by atoms with Gasteiger partial charge in [-0.1, -0.05) is 51.1 Å². The van der Waals surface area contributed by atoms with Crippen LogP contribution in [-0.4, -0.2) is 18.5 Å². The zero-order valence-electron chi connectivity index (χ0n) is 13.1. The third-order valence-corrected chi connectivity index (χ3v) is 7.70. The lowest BCUT2D eigenvalue weighted by molar-refractivity contribution is -0.0176. The van der Waals surface area contributed by atoms with Crippen LogP contribution in [-0.2, 0) is 10.5 Å². The van der Waals surface area contributed by atoms with Crippen LogP contribution in [0.25, 0.3) is 0 Å². The molecule has 0 aromatic heterocycles. The first-order chi connectivity index (χ1) is 9.50. The molecule has 2 bridgehead atoms. The van der Waals surface area contributed by atoms with Crippen molar-refractivity contribution >= 4 is 11.8 Å². The van der Waals surface area contributed by atoms with Crippen LogP contribution in [0.2, 0.25) is 0 Å². The van der Waals surface area contributed by atoms with Crippen LogP contribution in [0.15, 0.2) is 30.3 Å². The highest BCUT2D eigenvalue weighted by Crippen LogP contribution is 2.68. The molecule has 2 heteroatoms. The van der Waals surface area contributed by atoms with Crippen molar-refractivity contribution in [2.75, 3.05) is 7.11 Å². The van der Waals surface area contributed by atoms with Crippen molar-refractivity contribution in [1.29, 1.82) is 0 Å². The molecule has 0 radical (unpaired) electrons. The van der Waals surface area contributed by atoms with Gasteiger partial charge in [0.25, 0.3) is 0 Å². The molecule has 0 aliphatic heterocycles. The summed E-state index contributed by atoms with van der Waals surface area (Å²) in [6.45, 7) is 7.36. The van der Waals surface area contributed by atoms with Gasteiger partial charge in [-0.2, -0.15) is 11.8 Å². The van der Waals surface area contributed by atoms with Crippen LogP contribution in [0.4, 0.5) is 0 Å². The Morgan fingerprint density at radius 3 is 2.55 bits per heavy atom. The van der Waals surface area contributed by atoms with Crippen LogP contribution >= 0.6 is 11.8 Å². The van der Waals surface area contributed by atoms with Crippen LogP contribution in [0.3, 0.4) is 0 Å². The third-order valence-electron chi connectivity index (χ3n) is 6.24. The predicted molar refractivity (Wildman–Crippen MR) is 86.9 cm³/mol. The van der Waals surface area contributed by atoms with Gasteiger partial charge < -0.3 is 4.74 Å². The first-order valence-electron chi connectivity index (χ1n) is 7.69. The maximum atomic E-state index is 5.96. The van der Waals surface area contributed by atoms with Crippen molar-refractivity contribution in [3.63, 3.8) is 0 Å². The highest BCUT2D eigenvalue weighted by atomic mass is 32.2. The molecule has 0 unspecified atom stereocenters. The molecule has 2 saturated carbocycles. The number of rotatable bonds is 4. The fourth-order valence-corrected chi connectivity index (χ4v) is 6.46. The van der Waals surface area contributed by atoms with Gasteiger partial charge in [0, 0.05) is 23.5 Å². The van der Waals surface area contributed by atoms with Gasteiger partial charge in [-0.05, 0) is 29.7 Å². The Kier molecular flexibility index (Phi) is 3.66. The molecule has 1 aromatic carbocycles. The number of hydrogen-bond acceptors (Lipinski definition) is 2. The van der Waals surface area contributed by atoms with Crippen molar-refractivity contribution in [3.05, 3.63) is 35.9 Å². The first kappa shape index (κ1) is 14.5. The molecule has 1 nitrogen and oxygen atoms in total. The second-order valence-electron chi connectivity index (χ2n) is 7.20. The fourth-order valence-electron chi connectivity index (χ4n) is 4.58. The molecular formula is C18H26OS. The summed E-state index contributed by atoms with van der Waals surface area (Å²) in [6, 6.07) is 10.8. The first-order valence-corrected chi connectivity index (χ1v) is 8.74. The van der Waals surface area contributed by atoms with E-state index in [0.29, 0.717) is 22.2 Å². The van der Waals surface area contributed by atoms with Gasteiger partial charge >= 0.3 is 0 Å². The molecule has 0 heterocycles. The molecule has 0 N–H and O–H groups in total. The number of methoxy groups -OCH3 is 1. The van der Waals surface area contributed by atoms with Gasteiger partial charge in [0.05, 0.1) is 6.10 Å². The number of hydrogen-bond donors (Lipinski definition) is 0. The average molecular weight is 290 g/mol. The summed E-state index contributed by atoms with van der Waals surface area (Å²) < 4.78 is 5.96. The highest BCUT2D eigenvalue weighted by molar-refractivity contribution is 7.99. The Balaban J connectivity index is 1.77. The molecule has 0 spiro atoms. The van der Waals surface area contributed by atoms with Gasteiger partial charge in [0.15, 0.2) is 0 Å². The second-order valence-corrected chi connectivity index (χ2v) is 8.37. The van der Waals surface area contributed by atoms with E-state index < -0.39 is 0 Å². The zero-order chi connectivity index (χ0) is 14.4. The van der Waals surface area contributed by atoms with Crippen LogP contribution in [0.5, 0.6) is 0 Å². The highest BCUT2D eigenvalue weighted by Gasteiger charge is 2.66. The molecule has 1 aromatic rings. The quantitative estimate of drug-likeness (QED) is 0.790. The summed E-state index contributed by atoms with van der Waals surface area (Å²) in [5.74, 6) is 1.90. The third kappa shape index (κ3) is 1.95. The van der Waals surface area contributed by atoms with Gasteiger partial charge in [0.2, 0.25) is 0 Å². The normalized spacial score (nSPS) is 38.3. The van der Waals surface area contributed by atoms with Gasteiger partial charge in [0.1, 0.15) is 0 Å². The van der Waals surface area contributed by atoms with Crippen molar-refractivity contribution < 1.29 is 4.74 Å². The molecular weight excluding hydrogens is 264 g/mol. The van der Waals surface area contributed by atoms with Crippen LogP contribution in [0.1, 0.15) is 39.2 Å². The van der Waals surface area contributed by atoms with E-state index in [9.17, 15) is 0 Å². The van der Waals surface area contributed by atoms with E-state index in [1.54, 1.807) is 0 Å². The summed E-state index contributed by atoms with van der Waals surface area (Å²) in [5, 5.41) is 0.647. The van der Waals surface area contributed by atoms with Crippen molar-refractivity contribution in [1.82, 2.24) is 0 Å². The Morgan fingerprint density at radius 2 is 1.90 bits per heavy atom. The van der Waals surface area contributed by atoms with Crippen molar-refractivity contribution in [2.24, 2.45) is 16.7 Å². The zero-order valence-corrected chi connectivity index (χ0v) is 13.9. The van der Waals surface area contributed by atoms with E-state index in [2.05, 4.69) is 62.9 Å². The number of benzene rings is 1. The smallest absolute Gasteiger partial charge is 0.0751 e. The van der Waals surface area contributed by atoms with E-state index in [-0.39, 0.29) is 0 Å². The number of fused-ring (bicyclic) bond motifs is 2. The summed E-state index contributed by atoms with van der Waals surface area (Å²) in [7, 11) is 1.91. The minimum absolute atomic E-state index is 0.348. The lowest BCUT2D eigenvalue weighted by Crippen LogP contribution is -2.40. The minimum atomic E-state index is 0.348. The van der Waals surface area contributed by atoms with Crippen LogP contribution < -0.4 is 0 Å². The molecule has 0 saturated heterocycles. The molecule has 2 aliphatic rings. The molecule has 2 fully saturated rings. The van der Waals surface area contributed by atoms with E-state index in [1.165, 1.54) is 18.4 Å². The van der Waals surface area contributed by atoms with E-state index >= 15 is 0 Å². The summed E-state index contributed by atoms with van der Waals surface area (Å²) in [5.41, 5.74) is 2.18. The number of ether oxygens (including phenoxy) is 1. The minimum Gasteiger partial charge on any atom is -0.380 e. The topological polar surface area (TPSA) is 9.23 Å². The largest absolute Gasteiger partial charge is 0.380 e. The molecule has 0 amide bonds. The van der Waals surface area contributed by atoms with E-state index in [4.69, 9.17) is 4.74 Å². The Hall–Kier alpha value is -0.470. The average Bonchev–Trinajstić information content (AvgIpc) is 2.76. The predicted octanol–water partition coefficient (Wildman–Crippen LogP) is 4.76. The number of thioether (sulfide) groups is 1. The van der Waals surface area contributed by atoms with E-state index in [1.807, 2.05) is 7.11 Å². The Morgan fingerprint density at radius 1 is 1.20 bits per heavy atom. The standard InChI is InChI=1S/C18H26OS/c1-17(2)14-10-11-18(17,3)16(19-4)15(14)20-12-13-8-6-5-7-9-13/h5-9,14-16H,10-12H2,1-4H3/t14-,15-,16-,18+/m1/s1. The maximum Gasteiger partial charge on any atom is 0.0751 e.